The number of aromatic nitrogens is 3. The van der Waals surface area contributed by atoms with Crippen LogP contribution >= 0.6 is 0 Å². The van der Waals surface area contributed by atoms with Crippen LogP contribution in [0, 0.1) is 0 Å². The summed E-state index contributed by atoms with van der Waals surface area (Å²) in [7, 11) is 1.78. The number of rotatable bonds is 3. The third-order valence-electron chi connectivity index (χ3n) is 3.33. The van der Waals surface area contributed by atoms with Gasteiger partial charge in [0.05, 0.1) is 18.8 Å². The monoisotopic (exact) mass is 289 g/mol. The van der Waals surface area contributed by atoms with E-state index in [0.29, 0.717) is 37.0 Å². The predicted molar refractivity (Wildman–Crippen MR) is 72.7 cm³/mol. The zero-order valence-electron chi connectivity index (χ0n) is 11.5. The molecule has 0 radical (unpaired) electrons. The van der Waals surface area contributed by atoms with Crippen molar-refractivity contribution in [2.75, 3.05) is 32.1 Å². The van der Waals surface area contributed by atoms with Crippen LogP contribution in [0.15, 0.2) is 29.2 Å². The molecule has 0 aromatic carbocycles. The molecule has 1 saturated heterocycles. The van der Waals surface area contributed by atoms with Crippen molar-refractivity contribution in [1.82, 2.24) is 20.0 Å². The highest BCUT2D eigenvalue weighted by Gasteiger charge is 2.32. The number of amides is 1. The molecule has 1 aliphatic rings. The lowest BCUT2D eigenvalue weighted by Gasteiger charge is -2.33. The van der Waals surface area contributed by atoms with Crippen LogP contribution in [-0.2, 0) is 4.74 Å². The van der Waals surface area contributed by atoms with Crippen LogP contribution < -0.4 is 5.32 Å². The molecule has 0 aliphatic carbocycles. The van der Waals surface area contributed by atoms with E-state index < -0.39 is 0 Å². The molecule has 21 heavy (non-hydrogen) atoms. The fraction of sp³-hybridized carbons (Fsp3) is 0.385. The molecule has 0 bridgehead atoms. The Morgan fingerprint density at radius 1 is 1.43 bits per heavy atom. The molecule has 0 saturated carbocycles. The Balaban J connectivity index is 1.83. The molecule has 1 fully saturated rings. The second kappa shape index (κ2) is 5.88. The van der Waals surface area contributed by atoms with E-state index in [-0.39, 0.29) is 11.9 Å². The van der Waals surface area contributed by atoms with Crippen LogP contribution in [-0.4, -0.2) is 52.7 Å². The molecule has 1 atom stereocenters. The highest BCUT2D eigenvalue weighted by molar-refractivity contribution is 5.94. The van der Waals surface area contributed by atoms with Gasteiger partial charge in [-0.15, -0.1) is 0 Å². The van der Waals surface area contributed by atoms with Crippen molar-refractivity contribution in [2.24, 2.45) is 0 Å². The van der Waals surface area contributed by atoms with Gasteiger partial charge >= 0.3 is 0 Å². The highest BCUT2D eigenvalue weighted by atomic mass is 16.5. The van der Waals surface area contributed by atoms with Gasteiger partial charge in [-0.3, -0.25) is 4.79 Å². The summed E-state index contributed by atoms with van der Waals surface area (Å²) in [6.07, 6.45) is 2.80. The van der Waals surface area contributed by atoms with E-state index >= 15 is 0 Å². The normalized spacial score (nSPS) is 18.5. The average Bonchev–Trinajstić information content (AvgIpc) is 3.08. The van der Waals surface area contributed by atoms with Crippen molar-refractivity contribution in [3.63, 3.8) is 0 Å². The Morgan fingerprint density at radius 3 is 3.00 bits per heavy atom. The number of hydrogen-bond donors (Lipinski definition) is 1. The summed E-state index contributed by atoms with van der Waals surface area (Å²) in [6, 6.07) is 3.16. The Bertz CT molecular complexity index is 599. The summed E-state index contributed by atoms with van der Waals surface area (Å²) >= 11 is 0. The summed E-state index contributed by atoms with van der Waals surface area (Å²) in [6.45, 7) is 1.32. The van der Waals surface area contributed by atoms with E-state index in [4.69, 9.17) is 9.26 Å². The third kappa shape index (κ3) is 2.70. The third-order valence-corrected chi connectivity index (χ3v) is 3.33. The van der Waals surface area contributed by atoms with Crippen molar-refractivity contribution in [2.45, 2.75) is 6.04 Å². The second-order valence-electron chi connectivity index (χ2n) is 4.56. The maximum atomic E-state index is 12.6. The number of anilines is 1. The number of morpholine rings is 1. The first-order valence-corrected chi connectivity index (χ1v) is 6.58. The fourth-order valence-electron chi connectivity index (χ4n) is 2.22. The number of carbonyl (C=O) groups is 1. The molecule has 2 aromatic rings. The van der Waals surface area contributed by atoms with E-state index in [2.05, 4.69) is 20.4 Å². The predicted octanol–water partition coefficient (Wildman–Crippen LogP) is 0.720. The molecule has 1 amide bonds. The van der Waals surface area contributed by atoms with Gasteiger partial charge < -0.3 is 19.5 Å². The largest absolute Gasteiger partial charge is 0.377 e. The zero-order valence-corrected chi connectivity index (χ0v) is 11.5. The van der Waals surface area contributed by atoms with Gasteiger partial charge in [0.2, 0.25) is 6.39 Å². The molecular formula is C13H15N5O3. The maximum absolute atomic E-state index is 12.6. The Morgan fingerprint density at radius 2 is 2.33 bits per heavy atom. The molecule has 3 heterocycles. The molecule has 1 aliphatic heterocycles. The smallest absolute Gasteiger partial charge is 0.256 e. The first-order valence-electron chi connectivity index (χ1n) is 6.58. The van der Waals surface area contributed by atoms with Crippen molar-refractivity contribution < 1.29 is 14.1 Å². The minimum absolute atomic E-state index is 0.122. The number of ether oxygens (including phenoxy) is 1. The van der Waals surface area contributed by atoms with Gasteiger partial charge in [-0.05, 0) is 12.1 Å². The molecular weight excluding hydrogens is 274 g/mol. The van der Waals surface area contributed by atoms with Crippen molar-refractivity contribution in [3.8, 4) is 0 Å². The van der Waals surface area contributed by atoms with Gasteiger partial charge in [-0.25, -0.2) is 4.98 Å². The van der Waals surface area contributed by atoms with E-state index in [1.54, 1.807) is 30.3 Å². The van der Waals surface area contributed by atoms with Gasteiger partial charge in [-0.1, -0.05) is 5.16 Å². The SMILES string of the molecule is CNc1ccc(C(=O)N2CCOCC2c2ncon2)cn1. The molecule has 0 spiro atoms. The molecule has 1 N–H and O–H groups in total. The Kier molecular flexibility index (Phi) is 3.78. The van der Waals surface area contributed by atoms with Crippen LogP contribution in [0.3, 0.4) is 0 Å². The summed E-state index contributed by atoms with van der Waals surface area (Å²) in [5.74, 6) is 1.04. The minimum Gasteiger partial charge on any atom is -0.377 e. The molecule has 8 nitrogen and oxygen atoms in total. The number of carbonyl (C=O) groups excluding carboxylic acids is 1. The van der Waals surface area contributed by atoms with E-state index in [0.717, 1.165) is 0 Å². The lowest BCUT2D eigenvalue weighted by atomic mass is 10.1. The van der Waals surface area contributed by atoms with Gasteiger partial charge in [-0.2, -0.15) is 4.98 Å². The summed E-state index contributed by atoms with van der Waals surface area (Å²) in [5.41, 5.74) is 0.518. The first-order chi connectivity index (χ1) is 10.3. The number of nitrogens with zero attached hydrogens (tertiary/aromatic N) is 4. The minimum atomic E-state index is -0.339. The van der Waals surface area contributed by atoms with Gasteiger partial charge in [0.1, 0.15) is 11.9 Å². The van der Waals surface area contributed by atoms with E-state index in [9.17, 15) is 4.79 Å². The van der Waals surface area contributed by atoms with Crippen LogP contribution in [0.5, 0.6) is 0 Å². The van der Waals surface area contributed by atoms with Crippen LogP contribution in [0.1, 0.15) is 22.2 Å². The van der Waals surface area contributed by atoms with Crippen LogP contribution in [0.25, 0.3) is 0 Å². The number of nitrogens with one attached hydrogen (secondary N) is 1. The lowest BCUT2D eigenvalue weighted by molar-refractivity contribution is -0.00578. The van der Waals surface area contributed by atoms with Crippen molar-refractivity contribution >= 4 is 11.7 Å². The fourth-order valence-corrected chi connectivity index (χ4v) is 2.22. The molecule has 8 heteroatoms. The van der Waals surface area contributed by atoms with Gasteiger partial charge in [0, 0.05) is 19.8 Å². The zero-order chi connectivity index (χ0) is 14.7. The summed E-state index contributed by atoms with van der Waals surface area (Å²) in [4.78, 5) is 22.5. The van der Waals surface area contributed by atoms with Crippen LogP contribution in [0.4, 0.5) is 5.82 Å². The molecule has 3 rings (SSSR count). The van der Waals surface area contributed by atoms with Gasteiger partial charge in [0.15, 0.2) is 5.82 Å². The second-order valence-corrected chi connectivity index (χ2v) is 4.56. The average molecular weight is 289 g/mol. The highest BCUT2D eigenvalue weighted by Crippen LogP contribution is 2.23. The van der Waals surface area contributed by atoms with Crippen LogP contribution in [0.2, 0.25) is 0 Å². The summed E-state index contributed by atoms with van der Waals surface area (Å²) < 4.78 is 10.2. The molecule has 1 unspecified atom stereocenters. The summed E-state index contributed by atoms with van der Waals surface area (Å²) in [5, 5.41) is 6.72. The first kappa shape index (κ1) is 13.5. The number of hydrogen-bond acceptors (Lipinski definition) is 7. The lowest BCUT2D eigenvalue weighted by Crippen LogP contribution is -2.43. The molecule has 110 valence electrons. The van der Waals surface area contributed by atoms with Crippen molar-refractivity contribution in [3.05, 3.63) is 36.1 Å². The van der Waals surface area contributed by atoms with E-state index in [1.165, 1.54) is 6.39 Å². The molecule has 2 aromatic heterocycles. The van der Waals surface area contributed by atoms with E-state index in [1.807, 2.05) is 0 Å². The Labute approximate surface area is 121 Å². The maximum Gasteiger partial charge on any atom is 0.256 e. The van der Waals surface area contributed by atoms with Gasteiger partial charge in [0.25, 0.3) is 5.91 Å². The Hall–Kier alpha value is -2.48. The number of pyridine rings is 1. The van der Waals surface area contributed by atoms with Crippen molar-refractivity contribution in [1.29, 1.82) is 0 Å². The standard InChI is InChI=1S/C13H15N5O3/c1-14-11-3-2-9(6-15-11)13(19)18-4-5-20-7-10(18)12-16-8-21-17-12/h2-3,6,8,10H,4-5,7H2,1H3,(H,14,15). The quantitative estimate of drug-likeness (QED) is 0.889. The topological polar surface area (TPSA) is 93.4 Å².